The lowest BCUT2D eigenvalue weighted by atomic mass is 9.94. The predicted molar refractivity (Wildman–Crippen MR) is 82.0 cm³/mol. The van der Waals surface area contributed by atoms with Gasteiger partial charge in [0.1, 0.15) is 7.85 Å². The summed E-state index contributed by atoms with van der Waals surface area (Å²) >= 11 is 12.1. The van der Waals surface area contributed by atoms with E-state index >= 15 is 0 Å². The van der Waals surface area contributed by atoms with Crippen molar-refractivity contribution in [2.75, 3.05) is 0 Å². The molecule has 3 rings (SSSR count). The van der Waals surface area contributed by atoms with E-state index in [0.717, 1.165) is 5.56 Å². The molecule has 0 spiro atoms. The number of hydrogen-bond acceptors (Lipinski definition) is 2. The maximum absolute atomic E-state index is 9.63. The Bertz CT molecular complexity index is 784. The number of nitrogens with zero attached hydrogens (tertiary/aromatic N) is 2. The number of rotatable bonds is 2. The van der Waals surface area contributed by atoms with Gasteiger partial charge in [0.2, 0.25) is 0 Å². The molecule has 6 heteroatoms. The van der Waals surface area contributed by atoms with E-state index in [-0.39, 0.29) is 6.61 Å². The zero-order chi connectivity index (χ0) is 14.3. The molecule has 3 aromatic rings. The van der Waals surface area contributed by atoms with E-state index in [1.807, 2.05) is 12.1 Å². The average Bonchev–Trinajstić information content (AvgIpc) is 2.78. The summed E-state index contributed by atoms with van der Waals surface area (Å²) in [5.41, 5.74) is 3.39. The van der Waals surface area contributed by atoms with Crippen molar-refractivity contribution in [3.8, 4) is 11.3 Å². The predicted octanol–water partition coefficient (Wildman–Crippen LogP) is 2.59. The van der Waals surface area contributed by atoms with Gasteiger partial charge in [0.15, 0.2) is 5.65 Å². The Hall–Kier alpha value is -1.49. The highest BCUT2D eigenvalue weighted by atomic mass is 35.5. The van der Waals surface area contributed by atoms with Crippen molar-refractivity contribution in [2.45, 2.75) is 6.61 Å². The molecular weight excluding hydrogens is 294 g/mol. The SMILES string of the molecule is [B]c1ccc(-c2nc3c(Cl)cc(Cl)cn3c2CO)cc1. The molecule has 0 bridgehead atoms. The Morgan fingerprint density at radius 1 is 1.20 bits per heavy atom. The average molecular weight is 303 g/mol. The van der Waals surface area contributed by atoms with Crippen LogP contribution in [0.25, 0.3) is 16.9 Å². The number of aromatic nitrogens is 2. The van der Waals surface area contributed by atoms with Crippen LogP contribution in [0.1, 0.15) is 5.69 Å². The quantitative estimate of drug-likeness (QED) is 0.739. The van der Waals surface area contributed by atoms with Gasteiger partial charge in [-0.2, -0.15) is 0 Å². The van der Waals surface area contributed by atoms with E-state index in [1.165, 1.54) is 0 Å². The summed E-state index contributed by atoms with van der Waals surface area (Å²) in [5, 5.41) is 10.6. The molecule has 0 amide bonds. The minimum Gasteiger partial charge on any atom is -0.390 e. The summed E-state index contributed by atoms with van der Waals surface area (Å²) in [6, 6.07) is 8.90. The Kier molecular flexibility index (Phi) is 3.46. The second-order valence-electron chi connectivity index (χ2n) is 4.39. The fourth-order valence-electron chi connectivity index (χ4n) is 2.14. The van der Waals surface area contributed by atoms with Crippen LogP contribution in [0.3, 0.4) is 0 Å². The molecule has 1 aromatic carbocycles. The van der Waals surface area contributed by atoms with E-state index in [9.17, 15) is 5.11 Å². The smallest absolute Gasteiger partial charge is 0.156 e. The van der Waals surface area contributed by atoms with Gasteiger partial charge in [-0.3, -0.25) is 4.40 Å². The molecule has 1 N–H and O–H groups in total. The largest absolute Gasteiger partial charge is 0.390 e. The molecule has 0 aliphatic heterocycles. The molecular formula is C14H9BCl2N2O. The molecule has 20 heavy (non-hydrogen) atoms. The van der Waals surface area contributed by atoms with Crippen LogP contribution in [0.15, 0.2) is 36.5 Å². The second kappa shape index (κ2) is 5.13. The summed E-state index contributed by atoms with van der Waals surface area (Å²) in [6.45, 7) is -0.169. The summed E-state index contributed by atoms with van der Waals surface area (Å²) < 4.78 is 1.70. The van der Waals surface area contributed by atoms with Crippen LogP contribution in [0, 0.1) is 0 Å². The van der Waals surface area contributed by atoms with Gasteiger partial charge in [-0.1, -0.05) is 52.9 Å². The topological polar surface area (TPSA) is 37.5 Å². The lowest BCUT2D eigenvalue weighted by Crippen LogP contribution is -2.00. The summed E-state index contributed by atoms with van der Waals surface area (Å²) in [4.78, 5) is 4.50. The highest BCUT2D eigenvalue weighted by Crippen LogP contribution is 2.29. The fraction of sp³-hybridized carbons (Fsp3) is 0.0714. The number of hydrogen-bond donors (Lipinski definition) is 1. The molecule has 0 aliphatic carbocycles. The van der Waals surface area contributed by atoms with E-state index in [1.54, 1.807) is 28.8 Å². The molecule has 0 saturated heterocycles. The van der Waals surface area contributed by atoms with Gasteiger partial charge in [0.05, 0.1) is 28.0 Å². The number of aliphatic hydroxyl groups is 1. The lowest BCUT2D eigenvalue weighted by Gasteiger charge is -2.03. The van der Waals surface area contributed by atoms with Crippen LogP contribution in [0.2, 0.25) is 10.0 Å². The first-order chi connectivity index (χ1) is 9.60. The van der Waals surface area contributed by atoms with Gasteiger partial charge in [-0.05, 0) is 6.07 Å². The van der Waals surface area contributed by atoms with Crippen molar-refractivity contribution in [1.29, 1.82) is 0 Å². The third kappa shape index (κ3) is 2.20. The molecule has 0 saturated carbocycles. The van der Waals surface area contributed by atoms with Crippen molar-refractivity contribution in [2.24, 2.45) is 0 Å². The third-order valence-corrected chi connectivity index (χ3v) is 3.56. The molecule has 2 aromatic heterocycles. The number of fused-ring (bicyclic) bond motifs is 1. The first kappa shape index (κ1) is 13.5. The monoisotopic (exact) mass is 302 g/mol. The summed E-state index contributed by atoms with van der Waals surface area (Å²) in [7, 11) is 5.68. The molecule has 0 atom stereocenters. The molecule has 2 heterocycles. The molecule has 0 unspecified atom stereocenters. The molecule has 0 aliphatic rings. The normalized spacial score (nSPS) is 11.2. The first-order valence-corrected chi connectivity index (χ1v) is 6.68. The first-order valence-electron chi connectivity index (χ1n) is 5.93. The van der Waals surface area contributed by atoms with Gasteiger partial charge in [-0.15, -0.1) is 0 Å². The highest BCUT2D eigenvalue weighted by Gasteiger charge is 2.15. The zero-order valence-corrected chi connectivity index (χ0v) is 11.9. The molecule has 0 fully saturated rings. The second-order valence-corrected chi connectivity index (χ2v) is 5.23. The Morgan fingerprint density at radius 2 is 1.90 bits per heavy atom. The van der Waals surface area contributed by atoms with E-state index in [0.29, 0.717) is 32.5 Å². The van der Waals surface area contributed by atoms with Crippen molar-refractivity contribution in [3.63, 3.8) is 0 Å². The van der Waals surface area contributed by atoms with Gasteiger partial charge in [0.25, 0.3) is 0 Å². The third-order valence-electron chi connectivity index (χ3n) is 3.07. The van der Waals surface area contributed by atoms with Crippen LogP contribution in [-0.4, -0.2) is 22.3 Å². The maximum atomic E-state index is 9.63. The number of aliphatic hydroxyl groups excluding tert-OH is 1. The van der Waals surface area contributed by atoms with Crippen LogP contribution < -0.4 is 5.46 Å². The molecule has 3 nitrogen and oxygen atoms in total. The Morgan fingerprint density at radius 3 is 2.55 bits per heavy atom. The van der Waals surface area contributed by atoms with Gasteiger partial charge < -0.3 is 5.11 Å². The minimum atomic E-state index is -0.169. The Labute approximate surface area is 127 Å². The van der Waals surface area contributed by atoms with Crippen molar-refractivity contribution in [1.82, 2.24) is 9.38 Å². The van der Waals surface area contributed by atoms with Crippen molar-refractivity contribution >= 4 is 42.2 Å². The van der Waals surface area contributed by atoms with Crippen molar-refractivity contribution < 1.29 is 5.11 Å². The van der Waals surface area contributed by atoms with Crippen LogP contribution in [0.4, 0.5) is 0 Å². The van der Waals surface area contributed by atoms with E-state index in [4.69, 9.17) is 31.0 Å². The lowest BCUT2D eigenvalue weighted by molar-refractivity contribution is 0.276. The number of benzene rings is 1. The van der Waals surface area contributed by atoms with Gasteiger partial charge >= 0.3 is 0 Å². The van der Waals surface area contributed by atoms with Crippen LogP contribution in [-0.2, 0) is 6.61 Å². The number of halogens is 2. The van der Waals surface area contributed by atoms with Crippen molar-refractivity contribution in [3.05, 3.63) is 52.3 Å². The number of pyridine rings is 1. The molecule has 2 radical (unpaired) electrons. The van der Waals surface area contributed by atoms with E-state index in [2.05, 4.69) is 4.98 Å². The maximum Gasteiger partial charge on any atom is 0.156 e. The van der Waals surface area contributed by atoms with E-state index < -0.39 is 0 Å². The van der Waals surface area contributed by atoms with Gasteiger partial charge in [-0.25, -0.2) is 4.98 Å². The standard InChI is InChI=1S/C14H9BCl2N2O/c15-9-3-1-8(2-4-9)13-12(7-20)19-6-10(16)5-11(17)14(19)18-13/h1-6,20H,7H2. The number of imidazole rings is 1. The summed E-state index contributed by atoms with van der Waals surface area (Å²) in [6.07, 6.45) is 1.68. The summed E-state index contributed by atoms with van der Waals surface area (Å²) in [5.74, 6) is 0. The van der Waals surface area contributed by atoms with Crippen LogP contribution in [0.5, 0.6) is 0 Å². The minimum absolute atomic E-state index is 0.169. The van der Waals surface area contributed by atoms with Gasteiger partial charge in [0, 0.05) is 11.8 Å². The highest BCUT2D eigenvalue weighted by molar-refractivity contribution is 6.36. The zero-order valence-electron chi connectivity index (χ0n) is 10.3. The molecule has 98 valence electrons. The van der Waals surface area contributed by atoms with Crippen LogP contribution >= 0.6 is 23.2 Å². The Balaban J connectivity index is 2.30. The fourth-order valence-corrected chi connectivity index (χ4v) is 2.66.